The highest BCUT2D eigenvalue weighted by atomic mass is 32.2. The van der Waals surface area contributed by atoms with Crippen LogP contribution in [0.3, 0.4) is 0 Å². The lowest BCUT2D eigenvalue weighted by Crippen LogP contribution is -2.40. The predicted molar refractivity (Wildman–Crippen MR) is 105 cm³/mol. The van der Waals surface area contributed by atoms with E-state index in [0.29, 0.717) is 12.2 Å². The van der Waals surface area contributed by atoms with Crippen LogP contribution < -0.4 is 0 Å². The van der Waals surface area contributed by atoms with Gasteiger partial charge in [-0.25, -0.2) is 0 Å². The van der Waals surface area contributed by atoms with Gasteiger partial charge in [0.2, 0.25) is 0 Å². The third-order valence-electron chi connectivity index (χ3n) is 4.83. The van der Waals surface area contributed by atoms with Crippen molar-refractivity contribution in [2.75, 3.05) is 12.4 Å². The Labute approximate surface area is 151 Å². The van der Waals surface area contributed by atoms with Gasteiger partial charge in [-0.2, -0.15) is 0 Å². The van der Waals surface area contributed by atoms with Crippen molar-refractivity contribution in [1.29, 1.82) is 0 Å². The van der Waals surface area contributed by atoms with E-state index in [4.69, 9.17) is 4.43 Å². The van der Waals surface area contributed by atoms with Gasteiger partial charge in [-0.3, -0.25) is 4.21 Å². The molecule has 0 aromatic heterocycles. The molecule has 0 heterocycles. The van der Waals surface area contributed by atoms with E-state index >= 15 is 0 Å². The van der Waals surface area contributed by atoms with Crippen molar-refractivity contribution in [3.63, 3.8) is 0 Å². The Morgan fingerprint density at radius 3 is 2.29 bits per heavy atom. The first-order valence-corrected chi connectivity index (χ1v) is 13.0. The molecule has 0 spiro atoms. The highest BCUT2D eigenvalue weighted by Crippen LogP contribution is 2.36. The lowest BCUT2D eigenvalue weighted by atomic mass is 10.2. The molecule has 0 amide bonds. The minimum atomic E-state index is -1.67. The predicted octanol–water partition coefficient (Wildman–Crippen LogP) is 4.66. The third kappa shape index (κ3) is 7.17. The van der Waals surface area contributed by atoms with E-state index in [2.05, 4.69) is 33.9 Å². The van der Waals surface area contributed by atoms with Crippen molar-refractivity contribution < 1.29 is 13.7 Å². The Kier molecular flexibility index (Phi) is 8.33. The van der Waals surface area contributed by atoms with Crippen LogP contribution in [0.15, 0.2) is 29.2 Å². The molecule has 0 bridgehead atoms. The summed E-state index contributed by atoms with van der Waals surface area (Å²) in [5, 5.41) is 10.3. The van der Waals surface area contributed by atoms with Gasteiger partial charge in [-0.1, -0.05) is 38.5 Å². The summed E-state index contributed by atoms with van der Waals surface area (Å²) < 4.78 is 18.4. The molecule has 3 nitrogen and oxygen atoms in total. The van der Waals surface area contributed by atoms with Crippen LogP contribution in [0, 0.1) is 6.92 Å². The van der Waals surface area contributed by atoms with Gasteiger partial charge in [0.1, 0.15) is 0 Å². The normalized spacial score (nSPS) is 15.3. The first-order valence-electron chi connectivity index (χ1n) is 8.80. The van der Waals surface area contributed by atoms with Crippen molar-refractivity contribution in [2.45, 2.75) is 76.1 Å². The van der Waals surface area contributed by atoms with Gasteiger partial charge >= 0.3 is 0 Å². The van der Waals surface area contributed by atoms with Crippen LogP contribution in [-0.2, 0) is 15.2 Å². The van der Waals surface area contributed by atoms with E-state index in [9.17, 15) is 9.32 Å². The van der Waals surface area contributed by atoms with Gasteiger partial charge in [0, 0.05) is 11.5 Å². The minimum Gasteiger partial charge on any atom is -0.417 e. The van der Waals surface area contributed by atoms with Crippen molar-refractivity contribution >= 4 is 19.1 Å². The number of rotatable bonds is 9. The zero-order valence-electron chi connectivity index (χ0n) is 16.1. The van der Waals surface area contributed by atoms with Gasteiger partial charge in [0.25, 0.3) is 0 Å². The minimum absolute atomic E-state index is 0.234. The Balaban J connectivity index is 2.26. The molecule has 1 N–H and O–H groups in total. The first kappa shape index (κ1) is 21.5. The fourth-order valence-corrected chi connectivity index (χ4v) is 4.31. The number of unbranched alkanes of at least 4 members (excludes halogenated alkanes) is 1. The van der Waals surface area contributed by atoms with Crippen LogP contribution in [0.25, 0.3) is 0 Å². The summed E-state index contributed by atoms with van der Waals surface area (Å²) in [6.07, 6.45) is 2.01. The quantitative estimate of drug-likeness (QED) is 0.508. The topological polar surface area (TPSA) is 46.5 Å². The fourth-order valence-electron chi connectivity index (χ4n) is 2.07. The molecule has 1 rings (SSSR count). The molecule has 0 saturated heterocycles. The Morgan fingerprint density at radius 1 is 1.17 bits per heavy atom. The second-order valence-corrected chi connectivity index (χ2v) is 14.4. The highest BCUT2D eigenvalue weighted by Gasteiger charge is 2.36. The van der Waals surface area contributed by atoms with Crippen LogP contribution >= 0.6 is 0 Å². The average molecular weight is 371 g/mol. The Hall–Kier alpha value is -0.493. The van der Waals surface area contributed by atoms with Crippen LogP contribution in [0.2, 0.25) is 18.1 Å². The maximum absolute atomic E-state index is 12.2. The van der Waals surface area contributed by atoms with Crippen LogP contribution in [0.4, 0.5) is 0 Å². The van der Waals surface area contributed by atoms with Crippen molar-refractivity contribution in [1.82, 2.24) is 0 Å². The summed E-state index contributed by atoms with van der Waals surface area (Å²) >= 11 is 0. The summed E-state index contributed by atoms with van der Waals surface area (Å²) in [7, 11) is -2.80. The maximum atomic E-state index is 12.2. The fraction of sp³-hybridized carbons (Fsp3) is 0.684. The smallest absolute Gasteiger partial charge is 0.191 e. The molecule has 24 heavy (non-hydrogen) atoms. The Morgan fingerprint density at radius 2 is 1.75 bits per heavy atom. The van der Waals surface area contributed by atoms with Gasteiger partial charge in [-0.05, 0) is 56.5 Å². The van der Waals surface area contributed by atoms with Crippen LogP contribution in [-0.4, -0.2) is 36.1 Å². The number of benzene rings is 1. The Bertz CT molecular complexity index is 520. The van der Waals surface area contributed by atoms with Crippen LogP contribution in [0.5, 0.6) is 0 Å². The molecule has 1 aromatic rings. The standard InChI is InChI=1S/C19H34O3SSi/c1-16-10-12-18(13-11-16)23(21)15-17(20)9-7-8-14-22-24(5,6)19(2,3)4/h10-13,17,20H,7-9,14-15H2,1-6H3/t17-,23+/m0/s1. The van der Waals surface area contributed by atoms with Gasteiger partial charge in [-0.15, -0.1) is 0 Å². The third-order valence-corrected chi connectivity index (χ3v) is 10.9. The zero-order valence-corrected chi connectivity index (χ0v) is 17.9. The zero-order chi connectivity index (χ0) is 18.4. The molecule has 0 radical (unpaired) electrons. The van der Waals surface area contributed by atoms with Crippen molar-refractivity contribution in [3.8, 4) is 0 Å². The summed E-state index contributed by atoms with van der Waals surface area (Å²) in [6.45, 7) is 14.0. The molecular weight excluding hydrogens is 336 g/mol. The number of aliphatic hydroxyl groups excluding tert-OH is 1. The summed E-state index contributed by atoms with van der Waals surface area (Å²) in [5.74, 6) is 0.312. The maximum Gasteiger partial charge on any atom is 0.191 e. The molecule has 5 heteroatoms. The lowest BCUT2D eigenvalue weighted by molar-refractivity contribution is 0.179. The first-order chi connectivity index (χ1) is 11.0. The number of hydrogen-bond acceptors (Lipinski definition) is 3. The second-order valence-electron chi connectivity index (χ2n) is 8.08. The summed E-state index contributed by atoms with van der Waals surface area (Å²) in [4.78, 5) is 0.793. The van der Waals surface area contributed by atoms with Gasteiger partial charge in [0.05, 0.1) is 22.7 Å². The molecule has 0 aliphatic heterocycles. The van der Waals surface area contributed by atoms with Crippen molar-refractivity contribution in [2.24, 2.45) is 0 Å². The number of aryl methyl sites for hydroxylation is 1. The van der Waals surface area contributed by atoms with E-state index in [0.717, 1.165) is 29.9 Å². The van der Waals surface area contributed by atoms with E-state index in [1.54, 1.807) is 0 Å². The summed E-state index contributed by atoms with van der Waals surface area (Å²) in [6, 6.07) is 7.67. The van der Waals surface area contributed by atoms with Crippen LogP contribution in [0.1, 0.15) is 45.6 Å². The summed E-state index contributed by atoms with van der Waals surface area (Å²) in [5.41, 5.74) is 1.15. The molecule has 0 aliphatic carbocycles. The molecule has 0 saturated carbocycles. The largest absolute Gasteiger partial charge is 0.417 e. The molecule has 1 aromatic carbocycles. The monoisotopic (exact) mass is 370 g/mol. The highest BCUT2D eigenvalue weighted by molar-refractivity contribution is 7.85. The van der Waals surface area contributed by atoms with Crippen molar-refractivity contribution in [3.05, 3.63) is 29.8 Å². The second kappa shape index (κ2) is 9.27. The van der Waals surface area contributed by atoms with E-state index < -0.39 is 25.2 Å². The molecule has 0 fully saturated rings. The number of hydrogen-bond donors (Lipinski definition) is 1. The van der Waals surface area contributed by atoms with Gasteiger partial charge < -0.3 is 9.53 Å². The number of aliphatic hydroxyl groups is 1. The van der Waals surface area contributed by atoms with E-state index in [-0.39, 0.29) is 5.04 Å². The lowest BCUT2D eigenvalue weighted by Gasteiger charge is -2.36. The van der Waals surface area contributed by atoms with Gasteiger partial charge in [0.15, 0.2) is 8.32 Å². The molecule has 0 aliphatic rings. The SMILES string of the molecule is Cc1ccc([S@](=O)C[C@@H](O)CCCCO[Si](C)(C)C(C)(C)C)cc1. The molecule has 0 unspecified atom stereocenters. The van der Waals surface area contributed by atoms with E-state index in [1.807, 2.05) is 31.2 Å². The molecule has 2 atom stereocenters. The van der Waals surface area contributed by atoms with E-state index in [1.165, 1.54) is 0 Å². The molecule has 138 valence electrons. The average Bonchev–Trinajstić information content (AvgIpc) is 2.46. The molecular formula is C19H34O3SSi.